The Balaban J connectivity index is 1.86. The molecule has 2 amide bonds. The zero-order valence-corrected chi connectivity index (χ0v) is 18.9. The fraction of sp³-hybridized carbons (Fsp3) is 0.650. The first kappa shape index (κ1) is 22.4. The smallest absolute Gasteiger partial charge is 0.320 e. The standard InChI is InChI=1S/C20H35N5O2Si/c1-6-7-8-9-16(2)22-20(26)24-18-14-21-19-17(23-18)10-11-25(19)15-27-12-13-28(3,4)5/h10-11,14,16H,6-9,12-13,15H2,1-5H3,(H2,22,23,24,26). The number of amides is 2. The summed E-state index contributed by atoms with van der Waals surface area (Å²) in [6, 6.07) is 2.92. The predicted molar refractivity (Wildman–Crippen MR) is 117 cm³/mol. The van der Waals surface area contributed by atoms with Crippen molar-refractivity contribution in [2.24, 2.45) is 0 Å². The molecule has 8 heteroatoms. The van der Waals surface area contributed by atoms with Gasteiger partial charge in [0, 0.05) is 26.9 Å². The lowest BCUT2D eigenvalue weighted by atomic mass is 10.1. The number of anilines is 1. The van der Waals surface area contributed by atoms with E-state index in [0.29, 0.717) is 12.5 Å². The number of carbonyl (C=O) groups excluding carboxylic acids is 1. The van der Waals surface area contributed by atoms with E-state index in [-0.39, 0.29) is 12.1 Å². The molecule has 0 spiro atoms. The summed E-state index contributed by atoms with van der Waals surface area (Å²) in [6.45, 7) is 12.4. The molecule has 0 aliphatic rings. The van der Waals surface area contributed by atoms with Gasteiger partial charge in [0.15, 0.2) is 11.5 Å². The molecule has 1 atom stereocenters. The van der Waals surface area contributed by atoms with E-state index < -0.39 is 8.07 Å². The number of hydrogen-bond donors (Lipinski definition) is 2. The van der Waals surface area contributed by atoms with Crippen LogP contribution in [-0.4, -0.2) is 41.3 Å². The van der Waals surface area contributed by atoms with Crippen LogP contribution in [0.5, 0.6) is 0 Å². The van der Waals surface area contributed by atoms with E-state index in [1.807, 2.05) is 23.8 Å². The van der Waals surface area contributed by atoms with Crippen LogP contribution >= 0.6 is 0 Å². The first-order chi connectivity index (χ1) is 13.3. The summed E-state index contributed by atoms with van der Waals surface area (Å²) in [4.78, 5) is 21.1. The molecular formula is C20H35N5O2Si. The molecule has 2 rings (SSSR count). The Labute approximate surface area is 169 Å². The first-order valence-corrected chi connectivity index (χ1v) is 14.0. The van der Waals surface area contributed by atoms with Crippen molar-refractivity contribution in [2.45, 2.75) is 78.0 Å². The van der Waals surface area contributed by atoms with Crippen LogP contribution in [0.15, 0.2) is 18.5 Å². The largest absolute Gasteiger partial charge is 0.361 e. The molecule has 0 saturated carbocycles. The summed E-state index contributed by atoms with van der Waals surface area (Å²) in [7, 11) is -1.09. The average molecular weight is 406 g/mol. The van der Waals surface area contributed by atoms with Gasteiger partial charge in [-0.2, -0.15) is 0 Å². The van der Waals surface area contributed by atoms with Gasteiger partial charge in [-0.25, -0.2) is 14.8 Å². The maximum atomic E-state index is 12.1. The van der Waals surface area contributed by atoms with Crippen LogP contribution in [0, 0.1) is 0 Å². The van der Waals surface area contributed by atoms with Crippen molar-refractivity contribution in [1.29, 1.82) is 0 Å². The second-order valence-electron chi connectivity index (χ2n) is 8.59. The van der Waals surface area contributed by atoms with Crippen LogP contribution in [0.3, 0.4) is 0 Å². The number of urea groups is 1. The number of nitrogens with one attached hydrogen (secondary N) is 2. The first-order valence-electron chi connectivity index (χ1n) is 10.3. The van der Waals surface area contributed by atoms with Crippen molar-refractivity contribution in [2.75, 3.05) is 11.9 Å². The summed E-state index contributed by atoms with van der Waals surface area (Å²) in [5.74, 6) is 0.447. The lowest BCUT2D eigenvalue weighted by Gasteiger charge is -2.15. The van der Waals surface area contributed by atoms with Crippen LogP contribution < -0.4 is 10.6 Å². The fourth-order valence-corrected chi connectivity index (χ4v) is 3.57. The topological polar surface area (TPSA) is 81.1 Å². The third-order valence-corrected chi connectivity index (χ3v) is 6.25. The molecule has 7 nitrogen and oxygen atoms in total. The minimum absolute atomic E-state index is 0.137. The highest BCUT2D eigenvalue weighted by Crippen LogP contribution is 2.15. The van der Waals surface area contributed by atoms with Crippen molar-refractivity contribution in [1.82, 2.24) is 19.9 Å². The van der Waals surface area contributed by atoms with E-state index in [0.717, 1.165) is 36.7 Å². The van der Waals surface area contributed by atoms with Gasteiger partial charge in [-0.1, -0.05) is 45.8 Å². The normalized spacial score (nSPS) is 12.9. The minimum Gasteiger partial charge on any atom is -0.361 e. The lowest BCUT2D eigenvalue weighted by Crippen LogP contribution is -2.36. The molecule has 156 valence electrons. The Morgan fingerprint density at radius 3 is 2.82 bits per heavy atom. The summed E-state index contributed by atoms with van der Waals surface area (Å²) >= 11 is 0. The van der Waals surface area contributed by atoms with Gasteiger partial charge < -0.3 is 14.6 Å². The molecule has 2 aromatic rings. The van der Waals surface area contributed by atoms with E-state index in [1.54, 1.807) is 6.20 Å². The van der Waals surface area contributed by atoms with Crippen molar-refractivity contribution >= 4 is 31.1 Å². The molecule has 0 aliphatic carbocycles. The molecule has 0 radical (unpaired) electrons. The zero-order valence-electron chi connectivity index (χ0n) is 17.9. The van der Waals surface area contributed by atoms with Crippen LogP contribution in [0.4, 0.5) is 10.6 Å². The summed E-state index contributed by atoms with van der Waals surface area (Å²) < 4.78 is 7.73. The number of nitrogens with zero attached hydrogens (tertiary/aromatic N) is 3. The quantitative estimate of drug-likeness (QED) is 0.414. The molecule has 0 fully saturated rings. The van der Waals surface area contributed by atoms with Gasteiger partial charge in [-0.15, -0.1) is 0 Å². The van der Waals surface area contributed by atoms with E-state index in [4.69, 9.17) is 4.74 Å². The molecule has 2 N–H and O–H groups in total. The van der Waals surface area contributed by atoms with Gasteiger partial charge in [0.2, 0.25) is 0 Å². The number of fused-ring (bicyclic) bond motifs is 1. The average Bonchev–Trinajstić information content (AvgIpc) is 3.00. The van der Waals surface area contributed by atoms with Crippen molar-refractivity contribution in [3.05, 3.63) is 18.5 Å². The van der Waals surface area contributed by atoms with E-state index in [9.17, 15) is 4.79 Å². The fourth-order valence-electron chi connectivity index (χ4n) is 2.82. The molecule has 0 bridgehead atoms. The third kappa shape index (κ3) is 7.59. The number of carbonyl (C=O) groups is 1. The SMILES string of the molecule is CCCCCC(C)NC(=O)Nc1cnc2c(ccn2COCC[Si](C)(C)C)n1. The molecule has 0 aromatic carbocycles. The molecule has 28 heavy (non-hydrogen) atoms. The highest BCUT2D eigenvalue weighted by Gasteiger charge is 2.13. The Bertz CT molecular complexity index is 757. The number of unbranched alkanes of at least 4 members (excludes halogenated alkanes) is 2. The second-order valence-corrected chi connectivity index (χ2v) is 14.2. The summed E-state index contributed by atoms with van der Waals surface area (Å²) in [5.41, 5.74) is 1.49. The molecule has 2 heterocycles. The van der Waals surface area contributed by atoms with Crippen LogP contribution in [0.2, 0.25) is 25.7 Å². The predicted octanol–water partition coefficient (Wildman–Crippen LogP) is 4.83. The minimum atomic E-state index is -1.09. The van der Waals surface area contributed by atoms with Crippen LogP contribution in [0.25, 0.3) is 11.2 Å². The Kier molecular flexibility index (Phi) is 8.44. The van der Waals surface area contributed by atoms with Gasteiger partial charge in [0.1, 0.15) is 12.2 Å². The van der Waals surface area contributed by atoms with E-state index >= 15 is 0 Å². The number of rotatable bonds is 11. The second kappa shape index (κ2) is 10.6. The maximum Gasteiger partial charge on any atom is 0.320 e. The molecular weight excluding hydrogens is 370 g/mol. The van der Waals surface area contributed by atoms with Gasteiger partial charge >= 0.3 is 6.03 Å². The Morgan fingerprint density at radius 1 is 1.32 bits per heavy atom. The van der Waals surface area contributed by atoms with Gasteiger partial charge in [-0.05, 0) is 25.5 Å². The monoisotopic (exact) mass is 405 g/mol. The molecule has 0 saturated heterocycles. The zero-order chi connectivity index (χ0) is 20.6. The molecule has 0 aliphatic heterocycles. The van der Waals surface area contributed by atoms with E-state index in [1.165, 1.54) is 12.8 Å². The number of hydrogen-bond acceptors (Lipinski definition) is 4. The van der Waals surface area contributed by atoms with Crippen molar-refractivity contribution in [3.63, 3.8) is 0 Å². The Morgan fingerprint density at radius 2 is 2.11 bits per heavy atom. The molecule has 1 unspecified atom stereocenters. The highest BCUT2D eigenvalue weighted by molar-refractivity contribution is 6.76. The van der Waals surface area contributed by atoms with Crippen LogP contribution in [0.1, 0.15) is 39.5 Å². The van der Waals surface area contributed by atoms with Gasteiger partial charge in [0.05, 0.1) is 6.20 Å². The highest BCUT2D eigenvalue weighted by atomic mass is 28.3. The number of ether oxygens (including phenoxy) is 1. The molecule has 2 aromatic heterocycles. The van der Waals surface area contributed by atoms with Crippen molar-refractivity contribution in [3.8, 4) is 0 Å². The Hall–Kier alpha value is -1.93. The summed E-state index contributed by atoms with van der Waals surface area (Å²) in [5, 5.41) is 5.72. The van der Waals surface area contributed by atoms with Gasteiger partial charge in [-0.3, -0.25) is 5.32 Å². The van der Waals surface area contributed by atoms with Crippen molar-refractivity contribution < 1.29 is 9.53 Å². The third-order valence-electron chi connectivity index (χ3n) is 4.55. The van der Waals surface area contributed by atoms with E-state index in [2.05, 4.69) is 47.2 Å². The summed E-state index contributed by atoms with van der Waals surface area (Å²) in [6.07, 6.45) is 7.97. The van der Waals surface area contributed by atoms with Crippen LogP contribution in [-0.2, 0) is 11.5 Å². The number of aromatic nitrogens is 3. The van der Waals surface area contributed by atoms with Gasteiger partial charge in [0.25, 0.3) is 0 Å². The lowest BCUT2D eigenvalue weighted by molar-refractivity contribution is 0.0899. The maximum absolute atomic E-state index is 12.1.